The van der Waals surface area contributed by atoms with Crippen LogP contribution in [-0.2, 0) is 6.18 Å². The summed E-state index contributed by atoms with van der Waals surface area (Å²) in [6.07, 6.45) is -4.45. The lowest BCUT2D eigenvalue weighted by Gasteiger charge is -2.17. The molecule has 0 aliphatic heterocycles. The monoisotopic (exact) mass is 261 g/mol. The van der Waals surface area contributed by atoms with Gasteiger partial charge in [-0.25, -0.2) is 4.79 Å². The van der Waals surface area contributed by atoms with Crippen molar-refractivity contribution >= 4 is 17.4 Å². The van der Waals surface area contributed by atoms with Crippen LogP contribution in [0, 0.1) is 0 Å². The van der Waals surface area contributed by atoms with E-state index in [-0.39, 0.29) is 11.4 Å². The fourth-order valence-electron chi connectivity index (χ4n) is 1.21. The number of alkyl halides is 3. The van der Waals surface area contributed by atoms with Crippen LogP contribution in [0.4, 0.5) is 29.3 Å². The molecule has 0 radical (unpaired) electrons. The van der Waals surface area contributed by atoms with Gasteiger partial charge in [-0.2, -0.15) is 13.2 Å². The summed E-state index contributed by atoms with van der Waals surface area (Å²) < 4.78 is 37.2. The van der Waals surface area contributed by atoms with E-state index in [2.05, 4.69) is 5.32 Å². The van der Waals surface area contributed by atoms with Crippen LogP contribution in [0.2, 0.25) is 0 Å². The Kier molecular flexibility index (Phi) is 4.05. The highest BCUT2D eigenvalue weighted by atomic mass is 19.4. The molecule has 0 atom stereocenters. The molecule has 0 aliphatic rings. The Hall–Kier alpha value is -1.92. The van der Waals surface area contributed by atoms with Gasteiger partial charge in [0.25, 0.3) is 0 Å². The van der Waals surface area contributed by atoms with E-state index in [1.54, 1.807) is 14.0 Å². The highest BCUT2D eigenvalue weighted by Crippen LogP contribution is 2.32. The molecular formula is C11H14F3N3O. The number of nitrogen functional groups attached to an aromatic ring is 1. The van der Waals surface area contributed by atoms with Crippen molar-refractivity contribution in [3.05, 3.63) is 23.8 Å². The zero-order valence-electron chi connectivity index (χ0n) is 10.0. The van der Waals surface area contributed by atoms with Gasteiger partial charge < -0.3 is 16.0 Å². The number of nitrogens with two attached hydrogens (primary N) is 1. The van der Waals surface area contributed by atoms with Crippen LogP contribution in [0.15, 0.2) is 18.2 Å². The predicted molar refractivity (Wildman–Crippen MR) is 63.2 cm³/mol. The van der Waals surface area contributed by atoms with Gasteiger partial charge >= 0.3 is 12.2 Å². The summed E-state index contributed by atoms with van der Waals surface area (Å²) in [4.78, 5) is 12.9. The number of amides is 2. The fraction of sp³-hybridized carbons (Fsp3) is 0.364. The molecule has 1 aromatic rings. The number of carbonyl (C=O) groups excluding carboxylic acids is 1. The molecular weight excluding hydrogens is 247 g/mol. The van der Waals surface area contributed by atoms with Crippen molar-refractivity contribution in [2.75, 3.05) is 24.6 Å². The first-order valence-corrected chi connectivity index (χ1v) is 5.24. The lowest BCUT2D eigenvalue weighted by atomic mass is 10.1. The van der Waals surface area contributed by atoms with Crippen molar-refractivity contribution in [3.63, 3.8) is 0 Å². The van der Waals surface area contributed by atoms with Crippen LogP contribution in [0.25, 0.3) is 0 Å². The van der Waals surface area contributed by atoms with Crippen molar-refractivity contribution in [1.82, 2.24) is 4.90 Å². The minimum Gasteiger partial charge on any atom is -0.397 e. The van der Waals surface area contributed by atoms with E-state index in [4.69, 9.17) is 5.73 Å². The SMILES string of the molecule is CCN(C)C(=O)Nc1ccc(C(F)(F)F)cc1N. The van der Waals surface area contributed by atoms with Crippen molar-refractivity contribution in [1.29, 1.82) is 0 Å². The Morgan fingerprint density at radius 1 is 1.44 bits per heavy atom. The number of anilines is 2. The van der Waals surface area contributed by atoms with Crippen molar-refractivity contribution in [2.45, 2.75) is 13.1 Å². The zero-order valence-corrected chi connectivity index (χ0v) is 10.0. The topological polar surface area (TPSA) is 58.4 Å². The Labute approximate surface area is 103 Å². The molecule has 0 aromatic heterocycles. The van der Waals surface area contributed by atoms with Crippen molar-refractivity contribution in [2.24, 2.45) is 0 Å². The third kappa shape index (κ3) is 3.28. The van der Waals surface area contributed by atoms with Gasteiger partial charge in [0.2, 0.25) is 0 Å². The lowest BCUT2D eigenvalue weighted by Crippen LogP contribution is -2.31. The third-order valence-corrected chi connectivity index (χ3v) is 2.44. The molecule has 4 nitrogen and oxygen atoms in total. The van der Waals surface area contributed by atoms with Crippen molar-refractivity contribution < 1.29 is 18.0 Å². The molecule has 0 spiro atoms. The first kappa shape index (κ1) is 14.1. The molecule has 0 heterocycles. The summed E-state index contributed by atoms with van der Waals surface area (Å²) in [5, 5.41) is 2.43. The summed E-state index contributed by atoms with van der Waals surface area (Å²) >= 11 is 0. The van der Waals surface area contributed by atoms with Crippen LogP contribution in [0.1, 0.15) is 12.5 Å². The van der Waals surface area contributed by atoms with E-state index >= 15 is 0 Å². The van der Waals surface area contributed by atoms with E-state index in [0.29, 0.717) is 6.54 Å². The summed E-state index contributed by atoms with van der Waals surface area (Å²) in [6, 6.07) is 2.38. The molecule has 1 rings (SSSR count). The molecule has 2 amide bonds. The van der Waals surface area contributed by atoms with Crippen LogP contribution < -0.4 is 11.1 Å². The summed E-state index contributed by atoms with van der Waals surface area (Å²) in [7, 11) is 1.57. The minimum atomic E-state index is -4.45. The fourth-order valence-corrected chi connectivity index (χ4v) is 1.21. The van der Waals surface area contributed by atoms with Gasteiger partial charge in [0.15, 0.2) is 0 Å². The van der Waals surface area contributed by atoms with Crippen LogP contribution in [0.5, 0.6) is 0 Å². The minimum absolute atomic E-state index is 0.123. The maximum atomic E-state index is 12.4. The number of nitrogens with one attached hydrogen (secondary N) is 1. The average Bonchev–Trinajstić information content (AvgIpc) is 2.29. The quantitative estimate of drug-likeness (QED) is 0.804. The number of hydrogen-bond acceptors (Lipinski definition) is 2. The molecule has 18 heavy (non-hydrogen) atoms. The van der Waals surface area contributed by atoms with Gasteiger partial charge in [0.1, 0.15) is 0 Å². The molecule has 0 aliphatic carbocycles. The van der Waals surface area contributed by atoms with E-state index in [1.165, 1.54) is 4.90 Å². The Balaban J connectivity index is 2.90. The molecule has 0 unspecified atom stereocenters. The second kappa shape index (κ2) is 5.16. The Morgan fingerprint density at radius 2 is 2.06 bits per heavy atom. The molecule has 0 saturated carbocycles. The number of rotatable bonds is 2. The van der Waals surface area contributed by atoms with Crippen LogP contribution >= 0.6 is 0 Å². The first-order chi connectivity index (χ1) is 8.25. The number of nitrogens with zero attached hydrogens (tertiary/aromatic N) is 1. The van der Waals surface area contributed by atoms with Gasteiger partial charge in [-0.3, -0.25) is 0 Å². The van der Waals surface area contributed by atoms with Crippen LogP contribution in [0.3, 0.4) is 0 Å². The molecule has 0 fully saturated rings. The highest BCUT2D eigenvalue weighted by Gasteiger charge is 2.30. The smallest absolute Gasteiger partial charge is 0.397 e. The summed E-state index contributed by atoms with van der Waals surface area (Å²) in [6.45, 7) is 2.25. The third-order valence-electron chi connectivity index (χ3n) is 2.44. The zero-order chi connectivity index (χ0) is 13.9. The van der Waals surface area contributed by atoms with E-state index in [9.17, 15) is 18.0 Å². The van der Waals surface area contributed by atoms with Gasteiger partial charge in [0.05, 0.1) is 16.9 Å². The Morgan fingerprint density at radius 3 is 2.50 bits per heavy atom. The maximum Gasteiger partial charge on any atom is 0.416 e. The number of urea groups is 1. The highest BCUT2D eigenvalue weighted by molar-refractivity contribution is 5.92. The standard InChI is InChI=1S/C11H14F3N3O/c1-3-17(2)10(18)16-9-5-4-7(6-8(9)15)11(12,13)14/h4-6H,3,15H2,1-2H3,(H,16,18). The van der Waals surface area contributed by atoms with Gasteiger partial charge in [0, 0.05) is 13.6 Å². The maximum absolute atomic E-state index is 12.4. The second-order valence-electron chi connectivity index (χ2n) is 3.74. The second-order valence-corrected chi connectivity index (χ2v) is 3.74. The van der Waals surface area contributed by atoms with E-state index < -0.39 is 17.8 Å². The summed E-state index contributed by atoms with van der Waals surface area (Å²) in [5.41, 5.74) is 4.67. The largest absolute Gasteiger partial charge is 0.416 e. The molecule has 3 N–H and O–H groups in total. The number of halogens is 3. The first-order valence-electron chi connectivity index (χ1n) is 5.24. The van der Waals surface area contributed by atoms with Crippen LogP contribution in [-0.4, -0.2) is 24.5 Å². The van der Waals surface area contributed by atoms with E-state index in [1.807, 2.05) is 0 Å². The van der Waals surface area contributed by atoms with Gasteiger partial charge in [-0.05, 0) is 25.1 Å². The predicted octanol–water partition coefficient (Wildman–Crippen LogP) is 2.77. The molecule has 100 valence electrons. The van der Waals surface area contributed by atoms with Gasteiger partial charge in [-0.15, -0.1) is 0 Å². The molecule has 0 bridgehead atoms. The number of hydrogen-bond donors (Lipinski definition) is 2. The van der Waals surface area contributed by atoms with Gasteiger partial charge in [-0.1, -0.05) is 0 Å². The molecule has 1 aromatic carbocycles. The van der Waals surface area contributed by atoms with Crippen molar-refractivity contribution in [3.8, 4) is 0 Å². The molecule has 7 heteroatoms. The normalized spacial score (nSPS) is 11.2. The lowest BCUT2D eigenvalue weighted by molar-refractivity contribution is -0.137. The summed E-state index contributed by atoms with van der Waals surface area (Å²) in [5.74, 6) is 0. The average molecular weight is 261 g/mol. The Bertz CT molecular complexity index is 446. The molecule has 0 saturated heterocycles. The van der Waals surface area contributed by atoms with E-state index in [0.717, 1.165) is 18.2 Å². The number of carbonyl (C=O) groups is 1. The number of benzene rings is 1.